The molecule has 1 spiro atoms. The zero-order valence-corrected chi connectivity index (χ0v) is 21.2. The van der Waals surface area contributed by atoms with Gasteiger partial charge in [0.05, 0.1) is 0 Å². The van der Waals surface area contributed by atoms with Crippen LogP contribution in [0.15, 0.2) is 84.9 Å². The Morgan fingerprint density at radius 3 is 1.50 bits per heavy atom. The fourth-order valence-corrected chi connectivity index (χ4v) is 15.4. The molecule has 0 radical (unpaired) electrons. The van der Waals surface area contributed by atoms with Crippen LogP contribution in [0.25, 0.3) is 0 Å². The first kappa shape index (κ1) is 28.6. The third-order valence-corrected chi connectivity index (χ3v) is 14.8. The molecule has 0 amide bonds. The van der Waals surface area contributed by atoms with Gasteiger partial charge in [-0.2, -0.15) is 0 Å². The summed E-state index contributed by atoms with van der Waals surface area (Å²) in [5.41, 5.74) is -13.4. The molecule has 2 aliphatic rings. The molecule has 0 aromatic heterocycles. The second kappa shape index (κ2) is 8.56. The molecule has 2 atom stereocenters. The molecule has 40 heavy (non-hydrogen) atoms. The van der Waals surface area contributed by atoms with Crippen LogP contribution in [0.1, 0.15) is 15.9 Å². The molecule has 1 fully saturated rings. The average Bonchev–Trinajstić information content (AvgIpc) is 3.17. The van der Waals surface area contributed by atoms with Crippen molar-refractivity contribution in [2.24, 2.45) is 0 Å². The predicted molar refractivity (Wildman–Crippen MR) is 120 cm³/mol. The Bertz CT molecular complexity index is 1320. The van der Waals surface area contributed by atoms with Gasteiger partial charge in [-0.25, -0.2) is 0 Å². The van der Waals surface area contributed by atoms with Crippen LogP contribution in [-0.2, 0) is 9.42 Å². The summed E-state index contributed by atoms with van der Waals surface area (Å²) in [7, 11) is 0. The summed E-state index contributed by atoms with van der Waals surface area (Å²) in [4.78, 5) is -3.00. The molecule has 15 heteroatoms. The van der Waals surface area contributed by atoms with Crippen molar-refractivity contribution in [1.82, 2.24) is 0 Å². The van der Waals surface area contributed by atoms with Crippen LogP contribution in [0, 0.1) is 0 Å². The van der Waals surface area contributed by atoms with Gasteiger partial charge in [0, 0.05) is 0 Å². The zero-order chi connectivity index (χ0) is 29.6. The van der Waals surface area contributed by atoms with E-state index in [2.05, 4.69) is 0 Å². The van der Waals surface area contributed by atoms with Gasteiger partial charge in [0.2, 0.25) is 0 Å². The Morgan fingerprint density at radius 2 is 1.02 bits per heavy atom. The van der Waals surface area contributed by atoms with E-state index in [0.29, 0.717) is 12.1 Å². The van der Waals surface area contributed by atoms with Gasteiger partial charge in [0.1, 0.15) is 0 Å². The molecule has 1 saturated heterocycles. The number of benzene rings is 3. The molecule has 1 unspecified atom stereocenters. The third-order valence-electron chi connectivity index (χ3n) is 6.88. The van der Waals surface area contributed by atoms with Crippen molar-refractivity contribution in [2.75, 3.05) is 3.92 Å². The van der Waals surface area contributed by atoms with Crippen LogP contribution in [-0.4, -0.2) is 43.6 Å². The van der Waals surface area contributed by atoms with E-state index in [1.54, 1.807) is 0 Å². The molecule has 216 valence electrons. The molecule has 0 aliphatic carbocycles. The first-order chi connectivity index (χ1) is 18.4. The number of para-hydroxylation sites is 1. The summed E-state index contributed by atoms with van der Waals surface area (Å²) in [5.74, 6) is 0. The van der Waals surface area contributed by atoms with Crippen LogP contribution in [0.5, 0.6) is 0 Å². The normalized spacial score (nSPS) is 25.7. The standard InChI is InChI=1S/C25H15F12NOSe/c26-22(27,28)20(23(29,30)31)19(15-9-3-1-4-10-15)40(38(20)16-11-5-2-6-12-16)18-14-8-7-13-17(18)21(39-40,24(32,33)34)25(35,36)37/h1-14,19H/t19-/m0/s1. The number of nitrogens with zero attached hydrogens (tertiary/aromatic N) is 1. The Kier molecular flexibility index (Phi) is 6.12. The molecule has 3 aromatic carbocycles. The fraction of sp³-hybridized carbons (Fsp3) is 0.280. The van der Waals surface area contributed by atoms with Crippen LogP contribution >= 0.6 is 0 Å². The molecule has 0 saturated carbocycles. The SMILES string of the molecule is FC(F)(F)C1(C(F)(F)F)O[Se]2(c3ccccc31)[C@@H](c1ccccc1)C(C(F)(F)F)(C(F)(F)F)N2c1ccccc1. The number of rotatable bonds is 2. The Labute approximate surface area is 220 Å². The fourth-order valence-electron chi connectivity index (χ4n) is 5.44. The van der Waals surface area contributed by atoms with Gasteiger partial charge in [-0.05, 0) is 0 Å². The number of fused-ring (bicyclic) bond motifs is 2. The van der Waals surface area contributed by atoms with Crippen LogP contribution in [0.3, 0.4) is 0 Å². The summed E-state index contributed by atoms with van der Waals surface area (Å²) in [5, 5.41) is 0. The number of anilines is 1. The summed E-state index contributed by atoms with van der Waals surface area (Å²) in [6, 6.07) is 12.6. The zero-order valence-electron chi connectivity index (χ0n) is 19.5. The van der Waals surface area contributed by atoms with Gasteiger partial charge in [-0.3, -0.25) is 0 Å². The second-order valence-electron chi connectivity index (χ2n) is 9.01. The van der Waals surface area contributed by atoms with Crippen molar-refractivity contribution in [1.29, 1.82) is 0 Å². The molecular weight excluding hydrogens is 637 g/mol. The molecule has 5 rings (SSSR count). The molecular formula is C25H15F12NOSe. The van der Waals surface area contributed by atoms with Gasteiger partial charge >= 0.3 is 221 Å². The van der Waals surface area contributed by atoms with E-state index in [0.717, 1.165) is 60.7 Å². The Balaban J connectivity index is 1.99. The monoisotopic (exact) mass is 653 g/mol. The molecule has 0 N–H and O–H groups in total. The van der Waals surface area contributed by atoms with Crippen molar-refractivity contribution in [3.63, 3.8) is 0 Å². The van der Waals surface area contributed by atoms with E-state index in [9.17, 15) is 52.7 Å². The van der Waals surface area contributed by atoms with E-state index in [4.69, 9.17) is 3.82 Å². The van der Waals surface area contributed by atoms with Crippen LogP contribution in [0.4, 0.5) is 58.4 Å². The van der Waals surface area contributed by atoms with E-state index in [1.165, 1.54) is 12.1 Å². The number of halogens is 12. The topological polar surface area (TPSA) is 12.5 Å². The van der Waals surface area contributed by atoms with Crippen LogP contribution < -0.4 is 8.38 Å². The molecule has 2 nitrogen and oxygen atoms in total. The minimum atomic E-state index is -6.31. The predicted octanol–water partition coefficient (Wildman–Crippen LogP) is 7.39. The molecule has 0 bridgehead atoms. The summed E-state index contributed by atoms with van der Waals surface area (Å²) in [6.45, 7) is 0. The van der Waals surface area contributed by atoms with Crippen molar-refractivity contribution in [3.8, 4) is 0 Å². The third kappa shape index (κ3) is 3.37. The Morgan fingerprint density at radius 1 is 0.575 bits per heavy atom. The van der Waals surface area contributed by atoms with Crippen molar-refractivity contribution < 1.29 is 56.5 Å². The van der Waals surface area contributed by atoms with E-state index < -0.39 is 75.3 Å². The summed E-state index contributed by atoms with van der Waals surface area (Å²) < 4.78 is 181. The van der Waals surface area contributed by atoms with Crippen molar-refractivity contribution in [2.45, 2.75) is 40.7 Å². The average molecular weight is 652 g/mol. The minimum absolute atomic E-state index is 0.376. The van der Waals surface area contributed by atoms with Gasteiger partial charge in [0.15, 0.2) is 0 Å². The first-order valence-electron chi connectivity index (χ1n) is 11.2. The number of alkyl halides is 12. The van der Waals surface area contributed by atoms with E-state index in [-0.39, 0.29) is 3.92 Å². The summed E-state index contributed by atoms with van der Waals surface area (Å²) >= 11 is -6.08. The second-order valence-corrected chi connectivity index (χ2v) is 14.4. The molecule has 3 aromatic rings. The van der Waals surface area contributed by atoms with E-state index >= 15 is 0 Å². The van der Waals surface area contributed by atoms with Crippen molar-refractivity contribution >= 4 is 23.5 Å². The number of hydrogen-bond donors (Lipinski definition) is 0. The maximum atomic E-state index is 15.0. The quantitative estimate of drug-likeness (QED) is 0.212. The molecule has 2 heterocycles. The Hall–Kier alpha value is -2.90. The summed E-state index contributed by atoms with van der Waals surface area (Å²) in [6.07, 6.45) is -25.1. The van der Waals surface area contributed by atoms with Gasteiger partial charge in [-0.1, -0.05) is 0 Å². The number of hydrogen-bond acceptors (Lipinski definition) is 2. The van der Waals surface area contributed by atoms with Gasteiger partial charge in [-0.15, -0.1) is 0 Å². The molecule has 2 aliphatic heterocycles. The van der Waals surface area contributed by atoms with E-state index in [1.807, 2.05) is 0 Å². The van der Waals surface area contributed by atoms with Gasteiger partial charge in [0.25, 0.3) is 0 Å². The first-order valence-corrected chi connectivity index (χ1v) is 14.5. The van der Waals surface area contributed by atoms with Crippen molar-refractivity contribution in [3.05, 3.63) is 96.1 Å². The van der Waals surface area contributed by atoms with Gasteiger partial charge < -0.3 is 0 Å². The van der Waals surface area contributed by atoms with Crippen LogP contribution in [0.2, 0.25) is 0 Å². The maximum absolute atomic E-state index is 15.0.